The quantitative estimate of drug-likeness (QED) is 0.232. The zero-order chi connectivity index (χ0) is 26.8. The summed E-state index contributed by atoms with van der Waals surface area (Å²) >= 11 is 1.36. The first kappa shape index (κ1) is 29.0. The standard InChI is InChI=1S/C23H31N5O6S3/c1-13(2)20-23(33)24-9-19(30)34-15-5-3-4-6-36-37-11-17(22(32)28-20)27-21(31)16(26-18(29)8-15)7-14-10-35-12-25-14/h3,5,10,12-13,15-17,20H,4,6-9,11H2,1-2H3,(H,24,33)(H,26,29)(H,27,31)(H,28,32)/b5-3+/t15-,16-,17-,20-/m1/s1. The van der Waals surface area contributed by atoms with E-state index in [9.17, 15) is 24.0 Å². The average molecular weight is 570 g/mol. The average Bonchev–Trinajstić information content (AvgIpc) is 3.35. The van der Waals surface area contributed by atoms with Crippen molar-refractivity contribution in [3.63, 3.8) is 0 Å². The normalized spacial score (nSPS) is 27.8. The van der Waals surface area contributed by atoms with E-state index >= 15 is 0 Å². The van der Waals surface area contributed by atoms with Gasteiger partial charge in [0.2, 0.25) is 23.6 Å². The molecular formula is C23H31N5O6S3. The molecule has 0 aromatic carbocycles. The van der Waals surface area contributed by atoms with Crippen LogP contribution in [0.15, 0.2) is 23.0 Å². The molecule has 1 saturated heterocycles. The first-order valence-electron chi connectivity index (χ1n) is 11.9. The van der Waals surface area contributed by atoms with Crippen LogP contribution in [0.3, 0.4) is 0 Å². The van der Waals surface area contributed by atoms with Gasteiger partial charge in [-0.3, -0.25) is 24.0 Å². The third kappa shape index (κ3) is 9.34. The summed E-state index contributed by atoms with van der Waals surface area (Å²) in [5, 5.41) is 12.5. The van der Waals surface area contributed by atoms with E-state index in [1.54, 1.807) is 30.8 Å². The number of carbonyl (C=O) groups is 5. The van der Waals surface area contributed by atoms with Crippen LogP contribution in [0.2, 0.25) is 0 Å². The Kier molecular flexibility index (Phi) is 11.3. The summed E-state index contributed by atoms with van der Waals surface area (Å²) in [5.41, 5.74) is 2.24. The maximum Gasteiger partial charge on any atom is 0.326 e. The molecule has 0 unspecified atom stereocenters. The van der Waals surface area contributed by atoms with E-state index in [0.717, 1.165) is 0 Å². The Labute approximate surface area is 227 Å². The van der Waals surface area contributed by atoms with Crippen LogP contribution < -0.4 is 21.3 Å². The summed E-state index contributed by atoms with van der Waals surface area (Å²) in [6.45, 7) is 3.12. The third-order valence-electron chi connectivity index (χ3n) is 5.54. The summed E-state index contributed by atoms with van der Waals surface area (Å²) in [6.07, 6.45) is 3.14. The maximum absolute atomic E-state index is 13.3. The topological polar surface area (TPSA) is 156 Å². The Balaban J connectivity index is 1.97. The van der Waals surface area contributed by atoms with E-state index in [1.165, 1.54) is 32.9 Å². The van der Waals surface area contributed by atoms with Gasteiger partial charge in [-0.15, -0.1) is 11.3 Å². The Morgan fingerprint density at radius 3 is 2.59 bits per heavy atom. The Morgan fingerprint density at radius 1 is 1.05 bits per heavy atom. The van der Waals surface area contributed by atoms with Crippen molar-refractivity contribution >= 4 is 62.5 Å². The number of ether oxygens (including phenoxy) is 1. The molecule has 1 fully saturated rings. The zero-order valence-electron chi connectivity index (χ0n) is 20.6. The van der Waals surface area contributed by atoms with Gasteiger partial charge in [0.25, 0.3) is 0 Å². The van der Waals surface area contributed by atoms with E-state index in [1.807, 2.05) is 6.08 Å². The number of hydrogen-bond acceptors (Lipinski definition) is 10. The number of allylic oxidation sites excluding steroid dienone is 1. The molecule has 14 heteroatoms. The van der Waals surface area contributed by atoms with Crippen LogP contribution in [0.4, 0.5) is 0 Å². The molecule has 2 aliphatic heterocycles. The summed E-state index contributed by atoms with van der Waals surface area (Å²) in [4.78, 5) is 69.0. The summed E-state index contributed by atoms with van der Waals surface area (Å²) in [6, 6.07) is -2.90. The van der Waals surface area contributed by atoms with Gasteiger partial charge < -0.3 is 26.0 Å². The minimum Gasteiger partial charge on any atom is -0.456 e. The van der Waals surface area contributed by atoms with Crippen LogP contribution in [0.1, 0.15) is 32.4 Å². The van der Waals surface area contributed by atoms with E-state index in [-0.39, 0.29) is 24.5 Å². The predicted molar refractivity (Wildman–Crippen MR) is 143 cm³/mol. The highest BCUT2D eigenvalue weighted by molar-refractivity contribution is 8.76. The first-order valence-corrected chi connectivity index (χ1v) is 15.3. The predicted octanol–water partition coefficient (Wildman–Crippen LogP) is 0.569. The lowest BCUT2D eigenvalue weighted by Gasteiger charge is -2.27. The molecule has 1 aromatic heterocycles. The lowest BCUT2D eigenvalue weighted by atomic mass is 10.0. The van der Waals surface area contributed by atoms with Crippen molar-refractivity contribution in [2.45, 2.75) is 57.3 Å². The van der Waals surface area contributed by atoms with Gasteiger partial charge in [0.1, 0.15) is 30.8 Å². The fourth-order valence-corrected chi connectivity index (χ4v) is 6.33. The molecule has 0 saturated carbocycles. The molecule has 37 heavy (non-hydrogen) atoms. The summed E-state index contributed by atoms with van der Waals surface area (Å²) in [5.74, 6) is -2.19. The van der Waals surface area contributed by atoms with E-state index in [2.05, 4.69) is 26.3 Å². The van der Waals surface area contributed by atoms with Gasteiger partial charge in [-0.2, -0.15) is 0 Å². The highest BCUT2D eigenvalue weighted by Crippen LogP contribution is 2.23. The number of amides is 4. The number of nitrogens with one attached hydrogen (secondary N) is 4. The van der Waals surface area contributed by atoms with Gasteiger partial charge in [0.15, 0.2) is 0 Å². The van der Waals surface area contributed by atoms with Crippen LogP contribution in [-0.2, 0) is 35.1 Å². The fraction of sp³-hybridized carbons (Fsp3) is 0.565. The first-order chi connectivity index (χ1) is 17.7. The highest BCUT2D eigenvalue weighted by atomic mass is 33.1. The van der Waals surface area contributed by atoms with Crippen LogP contribution in [0.25, 0.3) is 0 Å². The number of thiazole rings is 1. The molecule has 4 atom stereocenters. The van der Waals surface area contributed by atoms with Gasteiger partial charge in [0.05, 0.1) is 17.6 Å². The van der Waals surface area contributed by atoms with Crippen LogP contribution in [-0.4, -0.2) is 76.9 Å². The molecule has 4 amide bonds. The van der Waals surface area contributed by atoms with Crippen molar-refractivity contribution in [3.8, 4) is 0 Å². The number of rotatable bonds is 3. The van der Waals surface area contributed by atoms with Gasteiger partial charge in [-0.05, 0) is 18.4 Å². The zero-order valence-corrected chi connectivity index (χ0v) is 23.0. The lowest BCUT2D eigenvalue weighted by molar-refractivity contribution is -0.148. The minimum absolute atomic E-state index is 0.120. The molecular weight excluding hydrogens is 538 g/mol. The van der Waals surface area contributed by atoms with E-state index < -0.39 is 60.4 Å². The SMILES string of the molecule is CC(C)[C@H]1NC(=O)[C@H]2CSSCC/C=C/[C@H](CC(=O)N[C@H](Cc3cscn3)C(=O)N2)OC(=O)CNC1=O. The third-order valence-corrected chi connectivity index (χ3v) is 8.62. The minimum atomic E-state index is -1.01. The molecule has 2 bridgehead atoms. The molecule has 3 heterocycles. The van der Waals surface area contributed by atoms with Crippen molar-refractivity contribution in [1.29, 1.82) is 0 Å². The van der Waals surface area contributed by atoms with Crippen molar-refractivity contribution in [2.24, 2.45) is 5.92 Å². The second-order valence-electron chi connectivity index (χ2n) is 8.87. The summed E-state index contributed by atoms with van der Waals surface area (Å²) in [7, 11) is 2.95. The van der Waals surface area contributed by atoms with E-state index in [0.29, 0.717) is 17.9 Å². The molecule has 0 spiro atoms. The molecule has 11 nitrogen and oxygen atoms in total. The molecule has 0 radical (unpaired) electrons. The Morgan fingerprint density at radius 2 is 1.86 bits per heavy atom. The number of esters is 1. The number of aromatic nitrogens is 1. The number of fused-ring (bicyclic) bond motifs is 7. The maximum atomic E-state index is 13.3. The van der Waals surface area contributed by atoms with Gasteiger partial charge in [-0.25, -0.2) is 4.98 Å². The van der Waals surface area contributed by atoms with Crippen LogP contribution >= 0.6 is 32.9 Å². The van der Waals surface area contributed by atoms with Gasteiger partial charge in [0, 0.05) is 23.3 Å². The summed E-state index contributed by atoms with van der Waals surface area (Å²) < 4.78 is 5.46. The van der Waals surface area contributed by atoms with E-state index in [4.69, 9.17) is 4.74 Å². The number of hydrogen-bond donors (Lipinski definition) is 4. The van der Waals surface area contributed by atoms with Gasteiger partial charge in [-0.1, -0.05) is 41.5 Å². The molecule has 3 rings (SSSR count). The monoisotopic (exact) mass is 569 g/mol. The second kappa shape index (κ2) is 14.4. The largest absolute Gasteiger partial charge is 0.456 e. The molecule has 2 aliphatic rings. The van der Waals surface area contributed by atoms with Crippen LogP contribution in [0, 0.1) is 5.92 Å². The van der Waals surface area contributed by atoms with Crippen molar-refractivity contribution in [2.75, 3.05) is 18.1 Å². The molecule has 202 valence electrons. The van der Waals surface area contributed by atoms with Crippen molar-refractivity contribution in [1.82, 2.24) is 26.3 Å². The lowest BCUT2D eigenvalue weighted by Crippen LogP contribution is -2.59. The highest BCUT2D eigenvalue weighted by Gasteiger charge is 2.32. The molecule has 4 N–H and O–H groups in total. The fourth-order valence-electron chi connectivity index (χ4n) is 3.60. The smallest absolute Gasteiger partial charge is 0.326 e. The molecule has 1 aromatic rings. The van der Waals surface area contributed by atoms with Crippen LogP contribution in [0.5, 0.6) is 0 Å². The number of nitrogens with zero attached hydrogens (tertiary/aromatic N) is 1. The molecule has 0 aliphatic carbocycles. The van der Waals surface area contributed by atoms with Gasteiger partial charge >= 0.3 is 5.97 Å². The second-order valence-corrected chi connectivity index (χ2v) is 12.2. The Bertz CT molecular complexity index is 1000. The van der Waals surface area contributed by atoms with Crippen molar-refractivity contribution in [3.05, 3.63) is 28.7 Å². The number of carbonyl (C=O) groups excluding carboxylic acids is 5. The Hall–Kier alpha value is -2.58. The van der Waals surface area contributed by atoms with Crippen molar-refractivity contribution < 1.29 is 28.7 Å².